The van der Waals surface area contributed by atoms with Crippen LogP contribution in [0.4, 0.5) is 5.69 Å². The van der Waals surface area contributed by atoms with E-state index in [4.69, 9.17) is 15.2 Å². The molecule has 0 aliphatic carbocycles. The number of methoxy groups -OCH3 is 1. The lowest BCUT2D eigenvalue weighted by Gasteiger charge is -2.38. The average Bonchev–Trinajstić information content (AvgIpc) is 2.79. The molecule has 0 atom stereocenters. The van der Waals surface area contributed by atoms with Crippen molar-refractivity contribution in [1.82, 2.24) is 10.2 Å². The van der Waals surface area contributed by atoms with Gasteiger partial charge in [0, 0.05) is 39.8 Å². The van der Waals surface area contributed by atoms with Gasteiger partial charge in [-0.15, -0.1) is 24.0 Å². The number of aliphatic imine (C=N–C) groups is 1. The average molecular weight is 539 g/mol. The molecule has 0 bridgehead atoms. The van der Waals surface area contributed by atoms with Crippen molar-refractivity contribution in [3.8, 4) is 11.5 Å². The molecule has 31 heavy (non-hydrogen) atoms. The monoisotopic (exact) mass is 539 g/mol. The summed E-state index contributed by atoms with van der Waals surface area (Å²) in [5.74, 6) is 1.88. The number of primary amides is 1. The van der Waals surface area contributed by atoms with Crippen LogP contribution in [-0.4, -0.2) is 63.7 Å². The van der Waals surface area contributed by atoms with Gasteiger partial charge in [0.25, 0.3) is 5.91 Å². The Balaban J connectivity index is 0.00000341. The van der Waals surface area contributed by atoms with Crippen LogP contribution < -0.4 is 25.4 Å². The third-order valence-corrected chi connectivity index (χ3v) is 4.95. The van der Waals surface area contributed by atoms with Crippen LogP contribution in [0.15, 0.2) is 53.5 Å². The molecule has 1 aliphatic heterocycles. The van der Waals surface area contributed by atoms with Gasteiger partial charge in [0.05, 0.1) is 12.8 Å². The van der Waals surface area contributed by atoms with E-state index in [9.17, 15) is 4.79 Å². The van der Waals surface area contributed by atoms with Crippen LogP contribution in [0.5, 0.6) is 11.5 Å². The molecule has 1 saturated heterocycles. The first kappa shape index (κ1) is 24.6. The zero-order valence-electron chi connectivity index (χ0n) is 17.9. The van der Waals surface area contributed by atoms with Crippen molar-refractivity contribution in [3.05, 3.63) is 54.1 Å². The highest BCUT2D eigenvalue weighted by atomic mass is 127. The topological polar surface area (TPSA) is 92.4 Å². The Labute approximate surface area is 200 Å². The number of amides is 1. The van der Waals surface area contributed by atoms with Crippen LogP contribution in [0.2, 0.25) is 0 Å². The molecule has 1 aliphatic rings. The highest BCUT2D eigenvalue weighted by molar-refractivity contribution is 14.0. The largest absolute Gasteiger partial charge is 0.495 e. The number of nitrogens with two attached hydrogens (primary N) is 1. The Hall–Kier alpha value is -2.69. The van der Waals surface area contributed by atoms with E-state index in [0.717, 1.165) is 49.1 Å². The number of carbonyl (C=O) groups is 1. The molecule has 0 unspecified atom stereocenters. The molecular formula is C22H30IN5O3. The molecule has 0 saturated carbocycles. The van der Waals surface area contributed by atoms with Gasteiger partial charge in [-0.05, 0) is 29.8 Å². The molecule has 0 spiro atoms. The first-order valence-corrected chi connectivity index (χ1v) is 9.94. The van der Waals surface area contributed by atoms with Crippen molar-refractivity contribution < 1.29 is 14.3 Å². The summed E-state index contributed by atoms with van der Waals surface area (Å²) >= 11 is 0. The Kier molecular flexibility index (Phi) is 9.70. The fourth-order valence-electron chi connectivity index (χ4n) is 3.46. The lowest BCUT2D eigenvalue weighted by atomic mass is 10.2. The molecule has 0 aromatic heterocycles. The van der Waals surface area contributed by atoms with Crippen molar-refractivity contribution in [1.29, 1.82) is 0 Å². The maximum absolute atomic E-state index is 10.9. The number of carbonyl (C=O) groups excluding carboxylic acids is 1. The number of nitrogens with zero attached hydrogens (tertiary/aromatic N) is 3. The van der Waals surface area contributed by atoms with Gasteiger partial charge in [-0.25, -0.2) is 0 Å². The minimum Gasteiger partial charge on any atom is -0.495 e. The normalized spacial score (nSPS) is 13.9. The lowest BCUT2D eigenvalue weighted by Crippen LogP contribution is -2.52. The SMILES string of the molecule is CN=C(NCc1cccc(OCC(N)=O)c1)N1CCN(c2ccccc2OC)CC1.I. The standard InChI is InChI=1S/C22H29N5O3.HI/c1-24-22(25-15-17-6-5-7-18(14-17)30-16-21(23)28)27-12-10-26(11-13-27)19-8-3-4-9-20(19)29-2;/h3-9,14H,10-13,15-16H2,1-2H3,(H2,23,28)(H,24,25);1H. The molecule has 3 rings (SSSR count). The van der Waals surface area contributed by atoms with Crippen LogP contribution >= 0.6 is 24.0 Å². The van der Waals surface area contributed by atoms with Crippen LogP contribution in [0, 0.1) is 0 Å². The number of anilines is 1. The van der Waals surface area contributed by atoms with Crippen molar-refractivity contribution in [2.24, 2.45) is 10.7 Å². The summed E-state index contributed by atoms with van der Waals surface area (Å²) in [6, 6.07) is 15.7. The molecule has 9 heteroatoms. The number of hydrogen-bond donors (Lipinski definition) is 2. The molecule has 168 valence electrons. The van der Waals surface area contributed by atoms with Crippen LogP contribution in [-0.2, 0) is 11.3 Å². The predicted octanol–water partition coefficient (Wildman–Crippen LogP) is 2.07. The van der Waals surface area contributed by atoms with Gasteiger partial charge in [0.1, 0.15) is 11.5 Å². The molecular weight excluding hydrogens is 509 g/mol. The highest BCUT2D eigenvalue weighted by Gasteiger charge is 2.21. The highest BCUT2D eigenvalue weighted by Crippen LogP contribution is 2.28. The van der Waals surface area contributed by atoms with Gasteiger partial charge in [-0.1, -0.05) is 24.3 Å². The van der Waals surface area contributed by atoms with Crippen LogP contribution in [0.3, 0.4) is 0 Å². The number of para-hydroxylation sites is 2. The summed E-state index contributed by atoms with van der Waals surface area (Å²) in [5, 5.41) is 3.41. The summed E-state index contributed by atoms with van der Waals surface area (Å²) in [6.07, 6.45) is 0. The number of piperazine rings is 1. The predicted molar refractivity (Wildman–Crippen MR) is 134 cm³/mol. The second kappa shape index (κ2) is 12.2. The van der Waals surface area contributed by atoms with Crippen LogP contribution in [0.1, 0.15) is 5.56 Å². The van der Waals surface area contributed by atoms with E-state index in [0.29, 0.717) is 12.3 Å². The van der Waals surface area contributed by atoms with Gasteiger partial charge < -0.3 is 30.3 Å². The minimum atomic E-state index is -0.494. The van der Waals surface area contributed by atoms with E-state index in [2.05, 4.69) is 26.2 Å². The zero-order chi connectivity index (χ0) is 21.3. The molecule has 2 aromatic carbocycles. The maximum Gasteiger partial charge on any atom is 0.255 e. The van der Waals surface area contributed by atoms with Gasteiger partial charge >= 0.3 is 0 Å². The van der Waals surface area contributed by atoms with Crippen LogP contribution in [0.25, 0.3) is 0 Å². The van der Waals surface area contributed by atoms with E-state index < -0.39 is 5.91 Å². The Morgan fingerprint density at radius 1 is 1.13 bits per heavy atom. The van der Waals surface area contributed by atoms with Gasteiger partial charge in [0.15, 0.2) is 12.6 Å². The minimum absolute atomic E-state index is 0. The van der Waals surface area contributed by atoms with Crippen molar-refractivity contribution in [2.45, 2.75) is 6.54 Å². The lowest BCUT2D eigenvalue weighted by molar-refractivity contribution is -0.119. The first-order chi connectivity index (χ1) is 14.6. The van der Waals surface area contributed by atoms with E-state index in [1.807, 2.05) is 36.4 Å². The molecule has 8 nitrogen and oxygen atoms in total. The number of ether oxygens (including phenoxy) is 2. The summed E-state index contributed by atoms with van der Waals surface area (Å²) in [6.45, 7) is 3.97. The Morgan fingerprint density at radius 3 is 2.55 bits per heavy atom. The third-order valence-electron chi connectivity index (χ3n) is 4.95. The molecule has 1 heterocycles. The smallest absolute Gasteiger partial charge is 0.255 e. The van der Waals surface area contributed by atoms with E-state index in [-0.39, 0.29) is 30.6 Å². The van der Waals surface area contributed by atoms with Gasteiger partial charge in [0.2, 0.25) is 0 Å². The van der Waals surface area contributed by atoms with Gasteiger partial charge in [-0.2, -0.15) is 0 Å². The number of hydrogen-bond acceptors (Lipinski definition) is 5. The van der Waals surface area contributed by atoms with Gasteiger partial charge in [-0.3, -0.25) is 9.79 Å². The van der Waals surface area contributed by atoms with E-state index in [1.54, 1.807) is 20.2 Å². The molecule has 0 radical (unpaired) electrons. The quantitative estimate of drug-likeness (QED) is 0.318. The second-order valence-corrected chi connectivity index (χ2v) is 6.95. The molecule has 3 N–H and O–H groups in total. The molecule has 1 fully saturated rings. The van der Waals surface area contributed by atoms with Crippen molar-refractivity contribution in [3.63, 3.8) is 0 Å². The van der Waals surface area contributed by atoms with E-state index in [1.165, 1.54) is 0 Å². The number of nitrogens with one attached hydrogen (secondary N) is 1. The fourth-order valence-corrected chi connectivity index (χ4v) is 3.46. The first-order valence-electron chi connectivity index (χ1n) is 9.94. The van der Waals surface area contributed by atoms with Crippen molar-refractivity contribution in [2.75, 3.05) is 51.8 Å². The summed E-state index contributed by atoms with van der Waals surface area (Å²) in [4.78, 5) is 19.9. The number of halogens is 1. The zero-order valence-corrected chi connectivity index (χ0v) is 20.2. The molecule has 2 aromatic rings. The second-order valence-electron chi connectivity index (χ2n) is 6.95. The fraction of sp³-hybridized carbons (Fsp3) is 0.364. The summed E-state index contributed by atoms with van der Waals surface area (Å²) < 4.78 is 10.9. The molecule has 1 amide bonds. The number of rotatable bonds is 7. The van der Waals surface area contributed by atoms with E-state index >= 15 is 0 Å². The van der Waals surface area contributed by atoms with Crippen molar-refractivity contribution >= 4 is 41.5 Å². The number of benzene rings is 2. The Bertz CT molecular complexity index is 885. The summed E-state index contributed by atoms with van der Waals surface area (Å²) in [7, 11) is 3.50. The maximum atomic E-state index is 10.9. The Morgan fingerprint density at radius 2 is 1.87 bits per heavy atom. The number of guanidine groups is 1. The summed E-state index contributed by atoms with van der Waals surface area (Å²) in [5.41, 5.74) is 7.29. The third kappa shape index (κ3) is 6.91.